The van der Waals surface area contributed by atoms with Crippen LogP contribution in [-0.4, -0.2) is 21.9 Å². The molecule has 0 rings (SSSR count). The quantitative estimate of drug-likeness (QED) is 0.552. The Morgan fingerprint density at radius 2 is 2.00 bits per heavy atom. The summed E-state index contributed by atoms with van der Waals surface area (Å²) >= 11 is 0. The van der Waals surface area contributed by atoms with E-state index in [4.69, 9.17) is 5.11 Å². The van der Waals surface area contributed by atoms with Gasteiger partial charge in [-0.3, -0.25) is 0 Å². The number of aliphatic hydroxyl groups excluding tert-OH is 1. The van der Waals surface area contributed by atoms with Crippen LogP contribution in [0.25, 0.3) is 0 Å². The van der Waals surface area contributed by atoms with E-state index in [0.29, 0.717) is 6.42 Å². The third-order valence-electron chi connectivity index (χ3n) is 1.29. The molecule has 0 amide bonds. The van der Waals surface area contributed by atoms with Crippen molar-refractivity contribution in [3.63, 3.8) is 0 Å². The second-order valence-corrected chi connectivity index (χ2v) is 2.80. The summed E-state index contributed by atoms with van der Waals surface area (Å²) < 4.78 is 0. The second-order valence-electron chi connectivity index (χ2n) is 2.80. The molecule has 0 bridgehead atoms. The van der Waals surface area contributed by atoms with E-state index in [0.717, 1.165) is 0 Å². The summed E-state index contributed by atoms with van der Waals surface area (Å²) in [6, 6.07) is 0. The fourth-order valence-corrected chi connectivity index (χ4v) is 0.449. The minimum atomic E-state index is -1.04. The van der Waals surface area contributed by atoms with E-state index in [1.807, 2.05) is 0 Å². The molecular weight excluding hydrogens is 128 g/mol. The maximum Gasteiger partial charge on any atom is 0.0930 e. The van der Waals surface area contributed by atoms with E-state index in [2.05, 4.69) is 11.8 Å². The Hall–Kier alpha value is -0.520. The molecule has 0 aliphatic heterocycles. The summed E-state index contributed by atoms with van der Waals surface area (Å²) in [4.78, 5) is 0. The molecule has 1 atom stereocenters. The molecule has 0 aliphatic rings. The zero-order valence-electron chi connectivity index (χ0n) is 6.68. The molecule has 10 heavy (non-hydrogen) atoms. The lowest BCUT2D eigenvalue weighted by Crippen LogP contribution is -2.35. The molecule has 0 aromatic rings. The van der Waals surface area contributed by atoms with Gasteiger partial charge in [-0.15, -0.1) is 11.8 Å². The summed E-state index contributed by atoms with van der Waals surface area (Å²) in [6.45, 7) is 4.83. The molecule has 0 aromatic heterocycles. The maximum atomic E-state index is 9.20. The monoisotopic (exact) mass is 142 g/mol. The van der Waals surface area contributed by atoms with Crippen LogP contribution in [0.2, 0.25) is 0 Å². The number of rotatable bonds is 2. The lowest BCUT2D eigenvalue weighted by atomic mass is 10.00. The molecule has 0 saturated heterocycles. The molecule has 2 nitrogen and oxygen atoms in total. The molecule has 0 saturated carbocycles. The third-order valence-corrected chi connectivity index (χ3v) is 1.29. The molecule has 2 N–H and O–H groups in total. The van der Waals surface area contributed by atoms with Crippen molar-refractivity contribution in [2.24, 2.45) is 0 Å². The lowest BCUT2D eigenvalue weighted by Gasteiger charge is -2.22. The highest BCUT2D eigenvalue weighted by Crippen LogP contribution is 2.10. The van der Waals surface area contributed by atoms with Gasteiger partial charge in [0, 0.05) is 6.42 Å². The molecule has 0 aliphatic carbocycles. The van der Waals surface area contributed by atoms with E-state index in [9.17, 15) is 5.11 Å². The first-order valence-corrected chi connectivity index (χ1v) is 3.28. The van der Waals surface area contributed by atoms with Crippen LogP contribution in [0, 0.1) is 11.8 Å². The van der Waals surface area contributed by atoms with Gasteiger partial charge in [0.05, 0.1) is 11.7 Å². The summed E-state index contributed by atoms with van der Waals surface area (Å²) in [5, 5.41) is 18.4. The first-order chi connectivity index (χ1) is 4.48. The smallest absolute Gasteiger partial charge is 0.0930 e. The Bertz CT molecular complexity index is 145. The predicted octanol–water partition coefficient (Wildman–Crippen LogP) is 0.532. The first-order valence-electron chi connectivity index (χ1n) is 3.28. The van der Waals surface area contributed by atoms with Gasteiger partial charge in [-0.2, -0.15) is 0 Å². The Morgan fingerprint density at radius 3 is 2.30 bits per heavy atom. The van der Waals surface area contributed by atoms with Crippen molar-refractivity contribution in [3.05, 3.63) is 0 Å². The molecular formula is C8H14O2. The highest BCUT2D eigenvalue weighted by atomic mass is 16.3. The topological polar surface area (TPSA) is 40.5 Å². The van der Waals surface area contributed by atoms with Gasteiger partial charge < -0.3 is 10.2 Å². The zero-order valence-corrected chi connectivity index (χ0v) is 6.68. The van der Waals surface area contributed by atoms with Crippen LogP contribution in [0.1, 0.15) is 27.2 Å². The molecule has 58 valence electrons. The van der Waals surface area contributed by atoms with Crippen molar-refractivity contribution >= 4 is 0 Å². The number of aliphatic hydroxyl groups is 2. The van der Waals surface area contributed by atoms with Gasteiger partial charge >= 0.3 is 0 Å². The fraction of sp³-hybridized carbons (Fsp3) is 0.750. The van der Waals surface area contributed by atoms with Gasteiger partial charge in [-0.1, -0.05) is 0 Å². The maximum absolute atomic E-state index is 9.20. The third kappa shape index (κ3) is 3.49. The Balaban J connectivity index is 3.81. The molecule has 2 heteroatoms. The van der Waals surface area contributed by atoms with Gasteiger partial charge in [0.25, 0.3) is 0 Å². The first kappa shape index (κ1) is 9.48. The summed E-state index contributed by atoms with van der Waals surface area (Å²) in [5.41, 5.74) is -1.04. The van der Waals surface area contributed by atoms with Crippen LogP contribution in [0.3, 0.4) is 0 Å². The number of hydrogen-bond donors (Lipinski definition) is 2. The zero-order chi connectivity index (χ0) is 8.20. The Morgan fingerprint density at radius 1 is 1.50 bits per heavy atom. The van der Waals surface area contributed by atoms with E-state index in [-0.39, 0.29) is 0 Å². The number of hydrogen-bond acceptors (Lipinski definition) is 2. The molecule has 0 aromatic carbocycles. The fourth-order valence-electron chi connectivity index (χ4n) is 0.449. The minimum absolute atomic E-state index is 0.333. The summed E-state index contributed by atoms with van der Waals surface area (Å²) in [5.74, 6) is 5.34. The van der Waals surface area contributed by atoms with Gasteiger partial charge in [0.1, 0.15) is 0 Å². The van der Waals surface area contributed by atoms with Crippen molar-refractivity contribution in [1.82, 2.24) is 0 Å². The van der Waals surface area contributed by atoms with E-state index < -0.39 is 11.7 Å². The van der Waals surface area contributed by atoms with Gasteiger partial charge in [-0.25, -0.2) is 0 Å². The largest absolute Gasteiger partial charge is 0.389 e. The van der Waals surface area contributed by atoms with E-state index in [1.165, 1.54) is 0 Å². The SMILES string of the molecule is CC#CCC(O)C(C)(C)O. The van der Waals surface area contributed by atoms with Crippen LogP contribution in [0.4, 0.5) is 0 Å². The molecule has 0 spiro atoms. The van der Waals surface area contributed by atoms with Crippen LogP contribution in [-0.2, 0) is 0 Å². The average molecular weight is 142 g/mol. The van der Waals surface area contributed by atoms with E-state index in [1.54, 1.807) is 20.8 Å². The van der Waals surface area contributed by atoms with Crippen LogP contribution >= 0.6 is 0 Å². The van der Waals surface area contributed by atoms with Crippen LogP contribution < -0.4 is 0 Å². The molecule has 0 heterocycles. The average Bonchev–Trinajstić information content (AvgIpc) is 1.80. The van der Waals surface area contributed by atoms with Gasteiger partial charge in [0.2, 0.25) is 0 Å². The van der Waals surface area contributed by atoms with Crippen molar-refractivity contribution < 1.29 is 10.2 Å². The van der Waals surface area contributed by atoms with Crippen molar-refractivity contribution in [1.29, 1.82) is 0 Å². The second kappa shape index (κ2) is 3.60. The van der Waals surface area contributed by atoms with Crippen LogP contribution in [0.15, 0.2) is 0 Å². The summed E-state index contributed by atoms with van der Waals surface area (Å²) in [6.07, 6.45) is -0.417. The normalized spacial score (nSPS) is 13.7. The highest BCUT2D eigenvalue weighted by Gasteiger charge is 2.22. The highest BCUT2D eigenvalue weighted by molar-refractivity contribution is 4.99. The Labute approximate surface area is 61.9 Å². The van der Waals surface area contributed by atoms with Gasteiger partial charge in [0.15, 0.2) is 0 Å². The van der Waals surface area contributed by atoms with Crippen molar-refractivity contribution in [3.8, 4) is 11.8 Å². The standard InChI is InChI=1S/C8H14O2/c1-4-5-6-7(9)8(2,3)10/h7,9-10H,6H2,1-3H3. The lowest BCUT2D eigenvalue weighted by molar-refractivity contribution is -0.0446. The van der Waals surface area contributed by atoms with Gasteiger partial charge in [-0.05, 0) is 20.8 Å². The van der Waals surface area contributed by atoms with Crippen LogP contribution in [0.5, 0.6) is 0 Å². The Kier molecular flexibility index (Phi) is 3.41. The molecule has 1 unspecified atom stereocenters. The summed E-state index contributed by atoms with van der Waals surface area (Å²) in [7, 11) is 0. The predicted molar refractivity (Wildman–Crippen MR) is 40.4 cm³/mol. The minimum Gasteiger partial charge on any atom is -0.389 e. The molecule has 0 radical (unpaired) electrons. The van der Waals surface area contributed by atoms with Crippen molar-refractivity contribution in [2.75, 3.05) is 0 Å². The van der Waals surface area contributed by atoms with Crippen molar-refractivity contribution in [2.45, 2.75) is 38.9 Å². The van der Waals surface area contributed by atoms with E-state index >= 15 is 0 Å². The molecule has 0 fully saturated rings.